The molecule has 0 aromatic carbocycles. The Morgan fingerprint density at radius 3 is 2.12 bits per heavy atom. The smallest absolute Gasteiger partial charge is 0.0490 e. The topological polar surface area (TPSA) is 20.2 Å². The van der Waals surface area contributed by atoms with Gasteiger partial charge in [0.1, 0.15) is 0 Å². The van der Waals surface area contributed by atoms with Crippen molar-refractivity contribution in [3.63, 3.8) is 0 Å². The first-order valence-electron chi connectivity index (χ1n) is 3.09. The van der Waals surface area contributed by atoms with Crippen LogP contribution in [0.15, 0.2) is 0 Å². The third kappa shape index (κ3) is 4.13. The van der Waals surface area contributed by atoms with Gasteiger partial charge in [-0.2, -0.15) is 0 Å². The summed E-state index contributed by atoms with van der Waals surface area (Å²) in [6, 6.07) is 0. The molecule has 0 aromatic rings. The van der Waals surface area contributed by atoms with Gasteiger partial charge in [0.15, 0.2) is 0 Å². The predicted octanol–water partition coefficient (Wildman–Crippen LogP) is 1.62. The molecule has 0 saturated carbocycles. The number of aliphatic hydroxyl groups excluding tert-OH is 1. The maximum absolute atomic E-state index is 8.55. The summed E-state index contributed by atoms with van der Waals surface area (Å²) < 4.78 is 0. The Morgan fingerprint density at radius 1 is 1.50 bits per heavy atom. The monoisotopic (exact) mass is 115 g/mol. The second kappa shape index (κ2) is 3.90. The Balaban J connectivity index is 3.10. The van der Waals surface area contributed by atoms with Crippen molar-refractivity contribution in [2.45, 2.75) is 27.2 Å². The SMILES string of the molecule is C[C](CO)CC(C)C. The van der Waals surface area contributed by atoms with Crippen molar-refractivity contribution in [2.24, 2.45) is 5.92 Å². The van der Waals surface area contributed by atoms with E-state index in [1.54, 1.807) is 0 Å². The first-order chi connectivity index (χ1) is 3.66. The lowest BCUT2D eigenvalue weighted by molar-refractivity contribution is 0.296. The maximum Gasteiger partial charge on any atom is 0.0490 e. The fraction of sp³-hybridized carbons (Fsp3) is 0.857. The molecule has 0 unspecified atom stereocenters. The molecule has 0 aliphatic carbocycles. The lowest BCUT2D eigenvalue weighted by Gasteiger charge is -2.08. The van der Waals surface area contributed by atoms with Gasteiger partial charge in [0.25, 0.3) is 0 Å². The van der Waals surface area contributed by atoms with E-state index in [1.165, 1.54) is 5.92 Å². The van der Waals surface area contributed by atoms with Gasteiger partial charge in [0.05, 0.1) is 0 Å². The second-order valence-electron chi connectivity index (χ2n) is 2.71. The predicted molar refractivity (Wildman–Crippen MR) is 35.5 cm³/mol. The zero-order chi connectivity index (χ0) is 6.57. The molecule has 8 heavy (non-hydrogen) atoms. The fourth-order valence-electron chi connectivity index (χ4n) is 0.761. The Kier molecular flexibility index (Phi) is 3.88. The van der Waals surface area contributed by atoms with Crippen LogP contribution in [0.1, 0.15) is 27.2 Å². The Bertz CT molecular complexity index is 50.3. The van der Waals surface area contributed by atoms with E-state index in [0.29, 0.717) is 5.92 Å². The molecular formula is C7H15O. The van der Waals surface area contributed by atoms with E-state index in [4.69, 9.17) is 5.11 Å². The van der Waals surface area contributed by atoms with Crippen LogP contribution in [0.5, 0.6) is 0 Å². The highest BCUT2D eigenvalue weighted by molar-refractivity contribution is 4.83. The Labute approximate surface area is 51.7 Å². The van der Waals surface area contributed by atoms with E-state index in [-0.39, 0.29) is 6.61 Å². The van der Waals surface area contributed by atoms with Crippen LogP contribution in [-0.2, 0) is 0 Å². The molecule has 0 fully saturated rings. The van der Waals surface area contributed by atoms with Crippen molar-refractivity contribution in [1.29, 1.82) is 0 Å². The molecule has 0 aliphatic heterocycles. The van der Waals surface area contributed by atoms with Crippen LogP contribution in [0.2, 0.25) is 0 Å². The quantitative estimate of drug-likeness (QED) is 0.592. The van der Waals surface area contributed by atoms with Gasteiger partial charge < -0.3 is 5.11 Å². The van der Waals surface area contributed by atoms with Gasteiger partial charge in [-0.3, -0.25) is 0 Å². The lowest BCUT2D eigenvalue weighted by Crippen LogP contribution is -2.01. The number of hydrogen-bond donors (Lipinski definition) is 1. The summed E-state index contributed by atoms with van der Waals surface area (Å²) in [5.74, 6) is 1.86. The summed E-state index contributed by atoms with van der Waals surface area (Å²) in [7, 11) is 0. The van der Waals surface area contributed by atoms with Crippen molar-refractivity contribution in [2.75, 3.05) is 6.61 Å². The van der Waals surface area contributed by atoms with Gasteiger partial charge in [-0.15, -0.1) is 0 Å². The van der Waals surface area contributed by atoms with E-state index in [2.05, 4.69) is 13.8 Å². The van der Waals surface area contributed by atoms with Crippen molar-refractivity contribution in [1.82, 2.24) is 0 Å². The van der Waals surface area contributed by atoms with Crippen molar-refractivity contribution < 1.29 is 5.11 Å². The molecule has 0 heterocycles. The number of rotatable bonds is 3. The molecule has 0 bridgehead atoms. The molecular weight excluding hydrogens is 100 g/mol. The van der Waals surface area contributed by atoms with Gasteiger partial charge in [0, 0.05) is 6.61 Å². The first kappa shape index (κ1) is 7.96. The minimum atomic E-state index is 0.248. The molecule has 1 heteroatoms. The minimum absolute atomic E-state index is 0.248. The van der Waals surface area contributed by atoms with Gasteiger partial charge in [0.2, 0.25) is 0 Å². The molecule has 0 spiro atoms. The first-order valence-corrected chi connectivity index (χ1v) is 3.09. The molecule has 49 valence electrons. The molecule has 0 aromatic heterocycles. The summed E-state index contributed by atoms with van der Waals surface area (Å²) in [5.41, 5.74) is 0. The van der Waals surface area contributed by atoms with Gasteiger partial charge >= 0.3 is 0 Å². The van der Waals surface area contributed by atoms with Crippen molar-refractivity contribution in [3.8, 4) is 0 Å². The molecule has 0 saturated heterocycles. The van der Waals surface area contributed by atoms with Crippen molar-refractivity contribution >= 4 is 0 Å². The summed E-state index contributed by atoms with van der Waals surface area (Å²) in [6.07, 6.45) is 1.05. The highest BCUT2D eigenvalue weighted by Gasteiger charge is 2.01. The van der Waals surface area contributed by atoms with Crippen LogP contribution in [0.3, 0.4) is 0 Å². The summed E-state index contributed by atoms with van der Waals surface area (Å²) >= 11 is 0. The number of aliphatic hydroxyl groups is 1. The summed E-state index contributed by atoms with van der Waals surface area (Å²) in [4.78, 5) is 0. The fourth-order valence-corrected chi connectivity index (χ4v) is 0.761. The Morgan fingerprint density at radius 2 is 2.00 bits per heavy atom. The van der Waals surface area contributed by atoms with E-state index >= 15 is 0 Å². The lowest BCUT2D eigenvalue weighted by atomic mass is 10.0. The maximum atomic E-state index is 8.55. The highest BCUT2D eigenvalue weighted by atomic mass is 16.3. The van der Waals surface area contributed by atoms with Crippen molar-refractivity contribution in [3.05, 3.63) is 5.92 Å². The van der Waals surface area contributed by atoms with Crippen LogP contribution < -0.4 is 0 Å². The standard InChI is InChI=1S/C7H15O/c1-6(2)4-7(3)5-8/h6,8H,4-5H2,1-3H3. The van der Waals surface area contributed by atoms with E-state index in [1.807, 2.05) is 6.92 Å². The van der Waals surface area contributed by atoms with Gasteiger partial charge in [-0.05, 0) is 18.3 Å². The normalized spacial score (nSPS) is 11.2. The zero-order valence-electron chi connectivity index (χ0n) is 5.94. The Hall–Kier alpha value is -0.0400. The molecule has 1 nitrogen and oxygen atoms in total. The van der Waals surface area contributed by atoms with E-state index < -0.39 is 0 Å². The molecule has 0 rings (SSSR count). The average Bonchev–Trinajstić information content (AvgIpc) is 1.65. The molecule has 0 atom stereocenters. The third-order valence-corrected chi connectivity index (χ3v) is 1.03. The minimum Gasteiger partial charge on any atom is -0.396 e. The summed E-state index contributed by atoms with van der Waals surface area (Å²) in [6.45, 7) is 6.54. The molecule has 0 aliphatic rings. The van der Waals surface area contributed by atoms with Crippen LogP contribution in [0.4, 0.5) is 0 Å². The number of hydrogen-bond acceptors (Lipinski definition) is 1. The summed E-state index contributed by atoms with van der Waals surface area (Å²) in [5, 5.41) is 8.55. The average molecular weight is 115 g/mol. The largest absolute Gasteiger partial charge is 0.396 e. The second-order valence-corrected chi connectivity index (χ2v) is 2.71. The molecule has 1 radical (unpaired) electrons. The van der Waals surface area contributed by atoms with E-state index in [9.17, 15) is 0 Å². The van der Waals surface area contributed by atoms with E-state index in [0.717, 1.165) is 6.42 Å². The zero-order valence-corrected chi connectivity index (χ0v) is 5.94. The van der Waals surface area contributed by atoms with Crippen LogP contribution >= 0.6 is 0 Å². The molecule has 0 amide bonds. The highest BCUT2D eigenvalue weighted by Crippen LogP contribution is 2.10. The molecule has 1 N–H and O–H groups in total. The van der Waals surface area contributed by atoms with Gasteiger partial charge in [-0.1, -0.05) is 20.8 Å². The van der Waals surface area contributed by atoms with Crippen LogP contribution in [-0.4, -0.2) is 11.7 Å². The van der Waals surface area contributed by atoms with Crippen LogP contribution in [0, 0.1) is 11.8 Å². The third-order valence-electron chi connectivity index (χ3n) is 1.03. The van der Waals surface area contributed by atoms with Crippen LogP contribution in [0.25, 0.3) is 0 Å². The van der Waals surface area contributed by atoms with Gasteiger partial charge in [-0.25, -0.2) is 0 Å².